The lowest BCUT2D eigenvalue weighted by molar-refractivity contribution is -0.0112. The average molecular weight is 824 g/mol. The van der Waals surface area contributed by atoms with Crippen LogP contribution in [0.1, 0.15) is 85.1 Å². The van der Waals surface area contributed by atoms with Crippen LogP contribution in [0.4, 0.5) is 29.3 Å². The fourth-order valence-corrected chi connectivity index (χ4v) is 9.10. The van der Waals surface area contributed by atoms with Gasteiger partial charge in [-0.25, -0.2) is 18.0 Å². The van der Waals surface area contributed by atoms with E-state index in [9.17, 15) is 9.90 Å². The third-order valence-electron chi connectivity index (χ3n) is 12.0. The van der Waals surface area contributed by atoms with Gasteiger partial charge in [0.05, 0.1) is 59.3 Å². The van der Waals surface area contributed by atoms with E-state index in [-0.39, 0.29) is 52.1 Å². The molecule has 0 radical (unpaired) electrons. The number of fused-ring (bicyclic) bond motifs is 4. The number of aliphatic hydroxyl groups excluding tert-OH is 1. The minimum absolute atomic E-state index is 0.0429. The molecule has 0 saturated carbocycles. The molecule has 1 saturated heterocycles. The first kappa shape index (κ1) is 43.3. The topological polar surface area (TPSA) is 90.8 Å². The second-order valence-electron chi connectivity index (χ2n) is 18.6. The molecule has 3 atom stereocenters. The van der Waals surface area contributed by atoms with Crippen molar-refractivity contribution in [3.8, 4) is 16.9 Å². The number of aliphatic hydroxyl groups is 1. The Bertz CT molecular complexity index is 2100. The Morgan fingerprint density at radius 2 is 1.69 bits per heavy atom. The number of benzene rings is 2. The molecule has 14 heteroatoms. The van der Waals surface area contributed by atoms with Gasteiger partial charge in [-0.3, -0.25) is 4.98 Å². The van der Waals surface area contributed by atoms with Crippen LogP contribution >= 0.6 is 0 Å². The SMILES string of the molecule is COc1cccc(F)c1-c1c(F)cc2c(c1F)N(c1c(C)ccnc1C(C)C)C(O)C1=C2N2C[C@@H](C)N(C(=O)OC(C)(C)C)C[C@@H]2CN1CCO[Si](C)(C)C(C)(C)C. The summed E-state index contributed by atoms with van der Waals surface area (Å²) in [4.78, 5) is 25.6. The molecule has 3 aliphatic rings. The van der Waals surface area contributed by atoms with Gasteiger partial charge in [-0.15, -0.1) is 0 Å². The minimum Gasteiger partial charge on any atom is -0.496 e. The summed E-state index contributed by atoms with van der Waals surface area (Å²) in [5, 5.41) is 12.9. The van der Waals surface area contributed by atoms with Gasteiger partial charge in [-0.05, 0) is 88.5 Å². The summed E-state index contributed by atoms with van der Waals surface area (Å²) in [7, 11) is -0.887. The van der Waals surface area contributed by atoms with Crippen molar-refractivity contribution in [3.05, 3.63) is 76.5 Å². The molecule has 1 unspecified atom stereocenters. The van der Waals surface area contributed by atoms with Gasteiger partial charge in [0.15, 0.2) is 20.4 Å². The van der Waals surface area contributed by atoms with Crippen molar-refractivity contribution in [1.82, 2.24) is 19.7 Å². The van der Waals surface area contributed by atoms with E-state index >= 15 is 13.2 Å². The Kier molecular flexibility index (Phi) is 11.7. The number of hydrogen-bond acceptors (Lipinski definition) is 9. The maximum absolute atomic E-state index is 17.9. The molecule has 6 rings (SSSR count). The monoisotopic (exact) mass is 823 g/mol. The predicted molar refractivity (Wildman–Crippen MR) is 224 cm³/mol. The molecule has 0 aliphatic carbocycles. The number of hydrogen-bond donors (Lipinski definition) is 1. The first-order valence-electron chi connectivity index (χ1n) is 20.2. The molecule has 4 heterocycles. The Balaban J connectivity index is 1.62. The van der Waals surface area contributed by atoms with Gasteiger partial charge in [0.2, 0.25) is 0 Å². The summed E-state index contributed by atoms with van der Waals surface area (Å²) in [5.74, 6) is -3.11. The molecule has 0 bridgehead atoms. The van der Waals surface area contributed by atoms with E-state index in [1.54, 1.807) is 17.2 Å². The molecule has 3 aliphatic heterocycles. The molecule has 0 spiro atoms. The zero-order chi connectivity index (χ0) is 42.8. The molecule has 1 fully saturated rings. The smallest absolute Gasteiger partial charge is 0.410 e. The number of halogens is 3. The summed E-state index contributed by atoms with van der Waals surface area (Å²) in [5.41, 5.74) is 1.04. The highest BCUT2D eigenvalue weighted by Gasteiger charge is 2.49. The van der Waals surface area contributed by atoms with E-state index in [2.05, 4.69) is 38.8 Å². The number of rotatable bonds is 8. The lowest BCUT2D eigenvalue weighted by Crippen LogP contribution is -2.65. The second kappa shape index (κ2) is 15.7. The van der Waals surface area contributed by atoms with Crippen LogP contribution in [0.5, 0.6) is 5.75 Å². The van der Waals surface area contributed by atoms with Crippen molar-refractivity contribution in [2.24, 2.45) is 0 Å². The van der Waals surface area contributed by atoms with Crippen LogP contribution < -0.4 is 9.64 Å². The lowest BCUT2D eigenvalue weighted by atomic mass is 9.88. The Hall–Kier alpha value is -4.27. The number of aryl methyl sites for hydroxylation is 1. The van der Waals surface area contributed by atoms with Gasteiger partial charge in [0.1, 0.15) is 23.0 Å². The number of ether oxygens (including phenoxy) is 2. The van der Waals surface area contributed by atoms with Crippen LogP contribution in [0.2, 0.25) is 18.1 Å². The summed E-state index contributed by atoms with van der Waals surface area (Å²) in [6, 6.07) is 6.31. The number of amides is 1. The van der Waals surface area contributed by atoms with Crippen LogP contribution in [-0.4, -0.2) is 103 Å². The van der Waals surface area contributed by atoms with Crippen molar-refractivity contribution in [2.75, 3.05) is 44.8 Å². The van der Waals surface area contributed by atoms with Gasteiger partial charge < -0.3 is 38.6 Å². The molecule has 316 valence electrons. The summed E-state index contributed by atoms with van der Waals surface area (Å²) in [6.07, 6.45) is -0.267. The van der Waals surface area contributed by atoms with Crippen molar-refractivity contribution in [3.63, 3.8) is 0 Å². The Morgan fingerprint density at radius 3 is 2.31 bits per heavy atom. The maximum Gasteiger partial charge on any atom is 0.410 e. The summed E-state index contributed by atoms with van der Waals surface area (Å²) >= 11 is 0. The van der Waals surface area contributed by atoms with E-state index < -0.39 is 49.3 Å². The highest BCUT2D eigenvalue weighted by molar-refractivity contribution is 6.74. The number of carbonyl (C=O) groups excluding carboxylic acids is 1. The van der Waals surface area contributed by atoms with Crippen molar-refractivity contribution in [2.45, 2.75) is 117 Å². The zero-order valence-electron chi connectivity index (χ0n) is 36.3. The van der Waals surface area contributed by atoms with Crippen molar-refractivity contribution < 1.29 is 37.0 Å². The predicted octanol–water partition coefficient (Wildman–Crippen LogP) is 9.39. The van der Waals surface area contributed by atoms with E-state index in [0.29, 0.717) is 54.6 Å². The minimum atomic E-state index is -2.20. The van der Waals surface area contributed by atoms with E-state index in [1.807, 2.05) is 53.4 Å². The second-order valence-corrected chi connectivity index (χ2v) is 23.4. The molecule has 58 heavy (non-hydrogen) atoms. The van der Waals surface area contributed by atoms with Gasteiger partial charge in [0.25, 0.3) is 0 Å². The third kappa shape index (κ3) is 7.79. The molecule has 2 aromatic carbocycles. The first-order chi connectivity index (χ1) is 27.0. The Morgan fingerprint density at radius 1 is 1.00 bits per heavy atom. The largest absolute Gasteiger partial charge is 0.496 e. The number of piperazine rings is 1. The lowest BCUT2D eigenvalue weighted by Gasteiger charge is -2.56. The van der Waals surface area contributed by atoms with Crippen LogP contribution in [0.25, 0.3) is 16.8 Å². The summed E-state index contributed by atoms with van der Waals surface area (Å²) in [6.45, 7) is 25.7. The van der Waals surface area contributed by atoms with Gasteiger partial charge >= 0.3 is 6.09 Å². The van der Waals surface area contributed by atoms with Gasteiger partial charge in [-0.1, -0.05) is 40.7 Å². The van der Waals surface area contributed by atoms with Crippen molar-refractivity contribution >= 4 is 31.5 Å². The molecule has 1 N–H and O–H groups in total. The van der Waals surface area contributed by atoms with Crippen LogP contribution in [-0.2, 0) is 9.16 Å². The molecular formula is C44H60F3N5O5Si. The Labute approximate surface area is 342 Å². The van der Waals surface area contributed by atoms with Gasteiger partial charge in [-0.2, -0.15) is 0 Å². The number of nitrogens with zero attached hydrogens (tertiary/aromatic N) is 5. The first-order valence-corrected chi connectivity index (χ1v) is 23.1. The third-order valence-corrected chi connectivity index (χ3v) is 16.5. The highest BCUT2D eigenvalue weighted by atomic mass is 28.4. The molecule has 1 amide bonds. The number of anilines is 2. The fourth-order valence-electron chi connectivity index (χ4n) is 8.07. The quantitative estimate of drug-likeness (QED) is 0.223. The molecule has 10 nitrogen and oxygen atoms in total. The maximum atomic E-state index is 17.9. The van der Waals surface area contributed by atoms with Gasteiger partial charge in [0, 0.05) is 44.0 Å². The molecule has 1 aromatic heterocycles. The number of methoxy groups -OCH3 is 1. The number of pyridine rings is 1. The average Bonchev–Trinajstić information content (AvgIpc) is 3.11. The van der Waals surface area contributed by atoms with Crippen LogP contribution in [0.3, 0.4) is 0 Å². The number of aromatic nitrogens is 1. The van der Waals surface area contributed by atoms with E-state index in [1.165, 1.54) is 30.2 Å². The zero-order valence-corrected chi connectivity index (χ0v) is 37.3. The van der Waals surface area contributed by atoms with Crippen LogP contribution in [0.15, 0.2) is 42.2 Å². The molecular weight excluding hydrogens is 764 g/mol. The summed E-state index contributed by atoms with van der Waals surface area (Å²) < 4.78 is 68.6. The standard InChI is InChI=1S/C44H60F3N5O5Si/c1-25(2)36-37(26(3)17-18-48-36)52-38-29(21-31(46)34(35(38)47)33-30(45)15-14-16-32(33)55-11)39-40(41(52)53)49(19-20-56-58(12,13)44(8,9)10)23-28-24-50(27(4)22-51(28)39)42(54)57-43(5,6)7/h14-18,21,25,27-28,41,53H,19-20,22-24H2,1-13H3/t27-,28+,41?/m1/s1. The molecule has 3 aromatic rings. The van der Waals surface area contributed by atoms with Crippen LogP contribution in [0, 0.1) is 24.4 Å². The fraction of sp³-hybridized carbons (Fsp3) is 0.545. The normalized spacial score (nSPS) is 20.0. The van der Waals surface area contributed by atoms with E-state index in [4.69, 9.17) is 18.9 Å². The van der Waals surface area contributed by atoms with Crippen molar-refractivity contribution in [1.29, 1.82) is 0 Å². The number of carbonyl (C=O) groups is 1. The highest BCUT2D eigenvalue weighted by Crippen LogP contribution is 2.53. The van der Waals surface area contributed by atoms with E-state index in [0.717, 1.165) is 6.07 Å².